The molecule has 7 heteroatoms. The molecule has 0 bridgehead atoms. The smallest absolute Gasteiger partial charge is 0.308 e. The molecule has 0 aliphatic rings. The zero-order chi connectivity index (χ0) is 15.2. The Morgan fingerprint density at radius 3 is 2.35 bits per heavy atom. The Morgan fingerprint density at radius 2 is 1.85 bits per heavy atom. The van der Waals surface area contributed by atoms with Crippen molar-refractivity contribution in [2.24, 2.45) is 11.1 Å². The molecule has 20 heavy (non-hydrogen) atoms. The van der Waals surface area contributed by atoms with E-state index in [4.69, 9.17) is 14.6 Å². The molecule has 6 nitrogen and oxygen atoms in total. The van der Waals surface area contributed by atoms with Crippen molar-refractivity contribution in [3.05, 3.63) is 24.3 Å². The van der Waals surface area contributed by atoms with Gasteiger partial charge in [0.15, 0.2) is 0 Å². The van der Waals surface area contributed by atoms with Gasteiger partial charge < -0.3 is 9.47 Å². The molecular formula is C13H19NO5S. The fraction of sp³-hybridized carbons (Fsp3) is 0.462. The van der Waals surface area contributed by atoms with Crippen LogP contribution in [0.4, 0.5) is 0 Å². The standard InChI is InChI=1S/C13H19NO5S/c1-3-10(2)13(15)19-9-8-18-11-4-6-12(7-5-11)20(14,16)17/h4-7,10H,3,8-9H2,1-2H3,(H2,14,16,17). The molecule has 0 aliphatic heterocycles. The Hall–Kier alpha value is -1.60. The first kappa shape index (κ1) is 16.5. The van der Waals surface area contributed by atoms with E-state index in [9.17, 15) is 13.2 Å². The quantitative estimate of drug-likeness (QED) is 0.605. The minimum absolute atomic E-state index is 0.0213. The number of esters is 1. The summed E-state index contributed by atoms with van der Waals surface area (Å²) in [5, 5.41) is 4.98. The number of primary sulfonamides is 1. The summed E-state index contributed by atoms with van der Waals surface area (Å²) in [6.45, 7) is 4.07. The van der Waals surface area contributed by atoms with E-state index in [-0.39, 0.29) is 30.0 Å². The number of ether oxygens (including phenoxy) is 2. The summed E-state index contributed by atoms with van der Waals surface area (Å²) in [5.74, 6) is 0.113. The Morgan fingerprint density at radius 1 is 1.25 bits per heavy atom. The van der Waals surface area contributed by atoms with Crippen LogP contribution in [0, 0.1) is 5.92 Å². The summed E-state index contributed by atoms with van der Waals surface area (Å²) in [6.07, 6.45) is 0.731. The van der Waals surface area contributed by atoms with Crippen LogP contribution in [0.25, 0.3) is 0 Å². The van der Waals surface area contributed by atoms with Gasteiger partial charge in [-0.15, -0.1) is 0 Å². The molecule has 0 amide bonds. The molecule has 0 saturated heterocycles. The molecule has 112 valence electrons. The van der Waals surface area contributed by atoms with Gasteiger partial charge in [-0.05, 0) is 30.7 Å². The molecule has 0 aliphatic carbocycles. The van der Waals surface area contributed by atoms with E-state index in [2.05, 4.69) is 0 Å². The number of sulfonamides is 1. The number of rotatable bonds is 7. The number of carbonyl (C=O) groups is 1. The van der Waals surface area contributed by atoms with Crippen molar-refractivity contribution < 1.29 is 22.7 Å². The molecule has 0 radical (unpaired) electrons. The molecule has 1 aromatic rings. The topological polar surface area (TPSA) is 95.7 Å². The minimum Gasteiger partial charge on any atom is -0.490 e. The maximum atomic E-state index is 11.4. The van der Waals surface area contributed by atoms with Crippen molar-refractivity contribution in [2.75, 3.05) is 13.2 Å². The fourth-order valence-electron chi connectivity index (χ4n) is 1.34. The summed E-state index contributed by atoms with van der Waals surface area (Å²) in [7, 11) is -3.69. The monoisotopic (exact) mass is 301 g/mol. The SMILES string of the molecule is CCC(C)C(=O)OCCOc1ccc(S(N)(=O)=O)cc1. The van der Waals surface area contributed by atoms with Crippen LogP contribution in [-0.4, -0.2) is 27.6 Å². The van der Waals surface area contributed by atoms with Crippen molar-refractivity contribution in [2.45, 2.75) is 25.2 Å². The summed E-state index contributed by atoms with van der Waals surface area (Å²) in [4.78, 5) is 11.4. The molecule has 0 heterocycles. The highest BCUT2D eigenvalue weighted by atomic mass is 32.2. The van der Waals surface area contributed by atoms with E-state index in [1.165, 1.54) is 24.3 Å². The van der Waals surface area contributed by atoms with Gasteiger partial charge in [-0.3, -0.25) is 4.79 Å². The van der Waals surface area contributed by atoms with Gasteiger partial charge in [-0.2, -0.15) is 0 Å². The van der Waals surface area contributed by atoms with Crippen LogP contribution < -0.4 is 9.88 Å². The fourth-order valence-corrected chi connectivity index (χ4v) is 1.85. The Bertz CT molecular complexity index is 538. The van der Waals surface area contributed by atoms with Gasteiger partial charge in [0.1, 0.15) is 19.0 Å². The third-order valence-electron chi connectivity index (χ3n) is 2.76. The largest absolute Gasteiger partial charge is 0.490 e. The highest BCUT2D eigenvalue weighted by molar-refractivity contribution is 7.89. The van der Waals surface area contributed by atoms with E-state index in [0.29, 0.717) is 5.75 Å². The maximum absolute atomic E-state index is 11.4. The van der Waals surface area contributed by atoms with Gasteiger partial charge >= 0.3 is 5.97 Å². The van der Waals surface area contributed by atoms with Crippen LogP contribution in [0.15, 0.2) is 29.2 Å². The van der Waals surface area contributed by atoms with Gasteiger partial charge in [0.2, 0.25) is 10.0 Å². The normalized spacial score (nSPS) is 12.8. The lowest BCUT2D eigenvalue weighted by Gasteiger charge is -2.10. The van der Waals surface area contributed by atoms with Crippen molar-refractivity contribution in [3.8, 4) is 5.75 Å². The number of hydrogen-bond donors (Lipinski definition) is 1. The second-order valence-electron chi connectivity index (χ2n) is 4.34. The molecule has 0 saturated carbocycles. The Labute approximate surface area is 118 Å². The second kappa shape index (κ2) is 7.25. The summed E-state index contributed by atoms with van der Waals surface area (Å²) >= 11 is 0. The summed E-state index contributed by atoms with van der Waals surface area (Å²) < 4.78 is 32.4. The molecule has 0 aromatic heterocycles. The number of nitrogens with two attached hydrogens (primary N) is 1. The predicted molar refractivity (Wildman–Crippen MR) is 73.7 cm³/mol. The van der Waals surface area contributed by atoms with E-state index < -0.39 is 10.0 Å². The molecule has 1 rings (SSSR count). The first-order valence-electron chi connectivity index (χ1n) is 6.27. The lowest BCUT2D eigenvalue weighted by Crippen LogP contribution is -2.17. The first-order chi connectivity index (χ1) is 9.34. The highest BCUT2D eigenvalue weighted by Gasteiger charge is 2.11. The van der Waals surface area contributed by atoms with E-state index in [1.54, 1.807) is 6.92 Å². The van der Waals surface area contributed by atoms with Gasteiger partial charge in [0.05, 0.1) is 10.8 Å². The maximum Gasteiger partial charge on any atom is 0.308 e. The van der Waals surface area contributed by atoms with Crippen LogP contribution in [0.2, 0.25) is 0 Å². The van der Waals surface area contributed by atoms with Gasteiger partial charge in [-0.25, -0.2) is 13.6 Å². The van der Waals surface area contributed by atoms with Gasteiger partial charge in [0, 0.05) is 0 Å². The molecule has 0 fully saturated rings. The highest BCUT2D eigenvalue weighted by Crippen LogP contribution is 2.14. The van der Waals surface area contributed by atoms with Crippen molar-refractivity contribution in [3.63, 3.8) is 0 Å². The third-order valence-corrected chi connectivity index (χ3v) is 3.69. The van der Waals surface area contributed by atoms with Crippen molar-refractivity contribution in [1.82, 2.24) is 0 Å². The zero-order valence-corrected chi connectivity index (χ0v) is 12.4. The first-order valence-corrected chi connectivity index (χ1v) is 7.81. The molecule has 1 unspecified atom stereocenters. The van der Waals surface area contributed by atoms with Crippen molar-refractivity contribution >= 4 is 16.0 Å². The number of carbonyl (C=O) groups excluding carboxylic acids is 1. The van der Waals surface area contributed by atoms with Gasteiger partial charge in [-0.1, -0.05) is 13.8 Å². The van der Waals surface area contributed by atoms with Gasteiger partial charge in [0.25, 0.3) is 0 Å². The lowest BCUT2D eigenvalue weighted by atomic mass is 10.1. The summed E-state index contributed by atoms with van der Waals surface area (Å²) in [5.41, 5.74) is 0. The lowest BCUT2D eigenvalue weighted by molar-refractivity contribution is -0.148. The van der Waals surface area contributed by atoms with Crippen molar-refractivity contribution in [1.29, 1.82) is 0 Å². The van der Waals surface area contributed by atoms with Crippen LogP contribution >= 0.6 is 0 Å². The Kier molecular flexibility index (Phi) is 5.97. The molecule has 2 N–H and O–H groups in total. The number of benzene rings is 1. The molecule has 0 spiro atoms. The third kappa shape index (κ3) is 5.18. The summed E-state index contributed by atoms with van der Waals surface area (Å²) in [6, 6.07) is 5.71. The average molecular weight is 301 g/mol. The average Bonchev–Trinajstić information content (AvgIpc) is 2.42. The van der Waals surface area contributed by atoms with E-state index in [1.807, 2.05) is 6.92 Å². The number of hydrogen-bond acceptors (Lipinski definition) is 5. The van der Waals surface area contributed by atoms with Crippen LogP contribution in [0.3, 0.4) is 0 Å². The molecular weight excluding hydrogens is 282 g/mol. The van der Waals surface area contributed by atoms with Crippen LogP contribution in [0.1, 0.15) is 20.3 Å². The van der Waals surface area contributed by atoms with Crippen LogP contribution in [0.5, 0.6) is 5.75 Å². The van der Waals surface area contributed by atoms with E-state index >= 15 is 0 Å². The zero-order valence-electron chi connectivity index (χ0n) is 11.5. The molecule has 1 atom stereocenters. The Balaban J connectivity index is 2.38. The van der Waals surface area contributed by atoms with Crippen LogP contribution in [-0.2, 0) is 19.6 Å². The minimum atomic E-state index is -3.69. The second-order valence-corrected chi connectivity index (χ2v) is 5.90. The van der Waals surface area contributed by atoms with E-state index in [0.717, 1.165) is 6.42 Å². The predicted octanol–water partition coefficient (Wildman–Crippen LogP) is 1.30. The molecule has 1 aromatic carbocycles.